The molecule has 0 aromatic rings. The van der Waals surface area contributed by atoms with Crippen LogP contribution in [0, 0.1) is 11.3 Å². The number of amides is 2. The first-order valence-corrected chi connectivity index (χ1v) is 7.12. The van der Waals surface area contributed by atoms with Crippen LogP contribution in [-0.2, 0) is 14.4 Å². The van der Waals surface area contributed by atoms with Crippen LogP contribution in [-0.4, -0.2) is 47.4 Å². The number of carboxylic acid groups (broad SMARTS) is 1. The molecule has 0 bridgehead atoms. The van der Waals surface area contributed by atoms with Gasteiger partial charge in [-0.15, -0.1) is 0 Å². The fourth-order valence-corrected chi connectivity index (χ4v) is 3.15. The molecule has 1 aliphatic heterocycles. The van der Waals surface area contributed by atoms with Crippen LogP contribution in [0.2, 0.25) is 0 Å². The summed E-state index contributed by atoms with van der Waals surface area (Å²) in [6.45, 7) is 2.12. The number of rotatable bonds is 3. The zero-order valence-electron chi connectivity index (χ0n) is 12.0. The number of hydrogen-bond acceptors (Lipinski definition) is 3. The van der Waals surface area contributed by atoms with E-state index in [1.54, 1.807) is 18.9 Å². The van der Waals surface area contributed by atoms with Gasteiger partial charge in [0.2, 0.25) is 11.8 Å². The number of hydrogen-bond donors (Lipinski definition) is 2. The van der Waals surface area contributed by atoms with Crippen molar-refractivity contribution < 1.29 is 19.5 Å². The van der Waals surface area contributed by atoms with E-state index in [2.05, 4.69) is 5.32 Å². The maximum atomic E-state index is 12.2. The highest BCUT2D eigenvalue weighted by atomic mass is 16.4. The van der Waals surface area contributed by atoms with Crippen molar-refractivity contribution >= 4 is 17.8 Å². The predicted molar refractivity (Wildman–Crippen MR) is 71.9 cm³/mol. The zero-order valence-corrected chi connectivity index (χ0v) is 12.0. The summed E-state index contributed by atoms with van der Waals surface area (Å²) in [5.41, 5.74) is -0.900. The van der Waals surface area contributed by atoms with Crippen molar-refractivity contribution in [2.45, 2.75) is 45.1 Å². The molecule has 1 aliphatic carbocycles. The monoisotopic (exact) mass is 282 g/mol. The van der Waals surface area contributed by atoms with E-state index in [1.807, 2.05) is 0 Å². The minimum atomic E-state index is -0.900. The van der Waals surface area contributed by atoms with E-state index in [-0.39, 0.29) is 30.2 Å². The highest BCUT2D eigenvalue weighted by molar-refractivity contribution is 5.89. The van der Waals surface area contributed by atoms with E-state index in [4.69, 9.17) is 0 Å². The van der Waals surface area contributed by atoms with Crippen LogP contribution < -0.4 is 5.32 Å². The van der Waals surface area contributed by atoms with E-state index in [0.29, 0.717) is 19.4 Å². The molecule has 2 fully saturated rings. The Balaban J connectivity index is 2.02. The normalized spacial score (nSPS) is 34.1. The van der Waals surface area contributed by atoms with Gasteiger partial charge in [-0.05, 0) is 19.8 Å². The molecular formula is C14H22N2O4. The minimum Gasteiger partial charge on any atom is -0.481 e. The number of carboxylic acids is 1. The van der Waals surface area contributed by atoms with Crippen molar-refractivity contribution in [3.05, 3.63) is 0 Å². The van der Waals surface area contributed by atoms with Gasteiger partial charge in [-0.25, -0.2) is 0 Å². The van der Waals surface area contributed by atoms with Crippen molar-refractivity contribution in [3.8, 4) is 0 Å². The lowest BCUT2D eigenvalue weighted by atomic mass is 9.71. The van der Waals surface area contributed by atoms with Crippen LogP contribution in [0.3, 0.4) is 0 Å². The Morgan fingerprint density at radius 3 is 2.65 bits per heavy atom. The Bertz CT molecular complexity index is 437. The molecule has 1 saturated heterocycles. The van der Waals surface area contributed by atoms with E-state index in [1.165, 1.54) is 0 Å². The van der Waals surface area contributed by atoms with Crippen molar-refractivity contribution in [2.75, 3.05) is 13.6 Å². The maximum absolute atomic E-state index is 12.2. The van der Waals surface area contributed by atoms with Gasteiger partial charge in [0.1, 0.15) is 0 Å². The summed E-state index contributed by atoms with van der Waals surface area (Å²) >= 11 is 0. The molecule has 2 aliphatic rings. The number of nitrogens with zero attached hydrogens (tertiary/aromatic N) is 1. The quantitative estimate of drug-likeness (QED) is 0.794. The Hall–Kier alpha value is -1.59. The van der Waals surface area contributed by atoms with Crippen LogP contribution in [0.25, 0.3) is 0 Å². The summed E-state index contributed by atoms with van der Waals surface area (Å²) in [5.74, 6) is -1.44. The number of aliphatic carboxylic acids is 1. The fourth-order valence-electron chi connectivity index (χ4n) is 3.15. The molecule has 2 N–H and O–H groups in total. The lowest BCUT2D eigenvalue weighted by molar-refractivity contribution is -0.152. The third kappa shape index (κ3) is 2.64. The predicted octanol–water partition coefficient (Wildman–Crippen LogP) is 0.614. The summed E-state index contributed by atoms with van der Waals surface area (Å²) in [6, 6.07) is -0.345. The van der Waals surface area contributed by atoms with Gasteiger partial charge >= 0.3 is 5.97 Å². The van der Waals surface area contributed by atoms with E-state index in [0.717, 1.165) is 12.8 Å². The lowest BCUT2D eigenvalue weighted by Gasteiger charge is -2.38. The fraction of sp³-hybridized carbons (Fsp3) is 0.786. The first-order valence-electron chi connectivity index (χ1n) is 7.12. The van der Waals surface area contributed by atoms with Gasteiger partial charge in [0.05, 0.1) is 11.3 Å². The van der Waals surface area contributed by atoms with Crippen molar-refractivity contribution in [1.29, 1.82) is 0 Å². The van der Waals surface area contributed by atoms with E-state index < -0.39 is 11.4 Å². The van der Waals surface area contributed by atoms with Gasteiger partial charge in [-0.1, -0.05) is 12.8 Å². The largest absolute Gasteiger partial charge is 0.481 e. The smallest absolute Gasteiger partial charge is 0.311 e. The molecule has 2 amide bonds. The second-order valence-electron chi connectivity index (χ2n) is 6.20. The molecule has 0 aromatic carbocycles. The van der Waals surface area contributed by atoms with Gasteiger partial charge in [0.15, 0.2) is 0 Å². The van der Waals surface area contributed by atoms with Gasteiger partial charge < -0.3 is 15.3 Å². The van der Waals surface area contributed by atoms with Crippen LogP contribution >= 0.6 is 0 Å². The molecule has 6 nitrogen and oxygen atoms in total. The van der Waals surface area contributed by atoms with Crippen LogP contribution in [0.5, 0.6) is 0 Å². The lowest BCUT2D eigenvalue weighted by Crippen LogP contribution is -2.53. The van der Waals surface area contributed by atoms with Crippen molar-refractivity contribution in [3.63, 3.8) is 0 Å². The Labute approximate surface area is 118 Å². The van der Waals surface area contributed by atoms with E-state index in [9.17, 15) is 19.5 Å². The first kappa shape index (κ1) is 14.8. The molecule has 6 heteroatoms. The van der Waals surface area contributed by atoms with Crippen molar-refractivity contribution in [2.24, 2.45) is 11.3 Å². The van der Waals surface area contributed by atoms with E-state index >= 15 is 0 Å². The number of likely N-dealkylation sites (tertiary alicyclic amines) is 1. The number of nitrogens with one attached hydrogen (secondary N) is 1. The standard InChI is InChI=1S/C14H22N2O4/c1-14(13(19)20)6-4-3-5-10(14)15-12(18)9-7-11(17)16(2)8-9/h9-10H,3-8H2,1-2H3,(H,15,18)(H,19,20). The van der Waals surface area contributed by atoms with Crippen LogP contribution in [0.4, 0.5) is 0 Å². The Morgan fingerprint density at radius 1 is 1.40 bits per heavy atom. The molecule has 3 unspecified atom stereocenters. The average molecular weight is 282 g/mol. The van der Waals surface area contributed by atoms with Crippen molar-refractivity contribution in [1.82, 2.24) is 10.2 Å². The summed E-state index contributed by atoms with van der Waals surface area (Å²) in [7, 11) is 1.68. The summed E-state index contributed by atoms with van der Waals surface area (Å²) < 4.78 is 0. The van der Waals surface area contributed by atoms with Gasteiger partial charge in [-0.2, -0.15) is 0 Å². The Morgan fingerprint density at radius 2 is 2.10 bits per heavy atom. The second kappa shape index (κ2) is 5.42. The molecule has 20 heavy (non-hydrogen) atoms. The zero-order chi connectivity index (χ0) is 14.9. The summed E-state index contributed by atoms with van der Waals surface area (Å²) in [5, 5.41) is 12.3. The molecule has 0 spiro atoms. The number of carbonyl (C=O) groups is 3. The molecular weight excluding hydrogens is 260 g/mol. The van der Waals surface area contributed by atoms with Crippen LogP contribution in [0.1, 0.15) is 39.0 Å². The summed E-state index contributed by atoms with van der Waals surface area (Å²) in [6.07, 6.45) is 3.29. The molecule has 1 saturated carbocycles. The number of carbonyl (C=O) groups excluding carboxylic acids is 2. The molecule has 3 atom stereocenters. The Kier molecular flexibility index (Phi) is 4.01. The third-order valence-corrected chi connectivity index (χ3v) is 4.72. The van der Waals surface area contributed by atoms with Gasteiger partial charge in [0, 0.05) is 26.1 Å². The third-order valence-electron chi connectivity index (χ3n) is 4.72. The highest BCUT2D eigenvalue weighted by Crippen LogP contribution is 2.36. The van der Waals surface area contributed by atoms with Gasteiger partial charge in [-0.3, -0.25) is 14.4 Å². The maximum Gasteiger partial charge on any atom is 0.311 e. The second-order valence-corrected chi connectivity index (χ2v) is 6.20. The molecule has 112 valence electrons. The van der Waals surface area contributed by atoms with Gasteiger partial charge in [0.25, 0.3) is 0 Å². The average Bonchev–Trinajstić information content (AvgIpc) is 2.72. The molecule has 1 heterocycles. The minimum absolute atomic E-state index is 0.0326. The molecule has 2 rings (SSSR count). The topological polar surface area (TPSA) is 86.7 Å². The first-order chi connectivity index (χ1) is 9.34. The molecule has 0 aromatic heterocycles. The molecule has 0 radical (unpaired) electrons. The SMILES string of the molecule is CN1CC(C(=O)NC2CCCCC2(C)C(=O)O)CC1=O. The van der Waals surface area contributed by atoms with Crippen LogP contribution in [0.15, 0.2) is 0 Å². The highest BCUT2D eigenvalue weighted by Gasteiger charge is 2.45. The summed E-state index contributed by atoms with van der Waals surface area (Å²) in [4.78, 5) is 36.7.